The topological polar surface area (TPSA) is 65.1 Å². The van der Waals surface area contributed by atoms with Gasteiger partial charge >= 0.3 is 11.9 Å². The van der Waals surface area contributed by atoms with Gasteiger partial charge in [0.1, 0.15) is 17.4 Å². The molecule has 2 aliphatic rings. The van der Waals surface area contributed by atoms with Crippen LogP contribution in [0.15, 0.2) is 59.8 Å². The Kier molecular flexibility index (Phi) is 5.09. The fourth-order valence-electron chi connectivity index (χ4n) is 3.61. The molecule has 2 aromatic carbocycles. The van der Waals surface area contributed by atoms with E-state index in [1.165, 1.54) is 18.1 Å². The summed E-state index contributed by atoms with van der Waals surface area (Å²) in [6.45, 7) is 0. The number of halogens is 2. The second kappa shape index (κ2) is 7.72. The minimum Gasteiger partial charge on any atom is -0.466 e. The molecule has 2 aromatic rings. The number of anilines is 1. The van der Waals surface area contributed by atoms with Crippen LogP contribution in [0.5, 0.6) is 0 Å². The smallest absolute Gasteiger partial charge is 0.355 e. The Morgan fingerprint density at radius 1 is 1.00 bits per heavy atom. The minimum absolute atomic E-state index is 0.0906. The Balaban J connectivity index is 1.98. The van der Waals surface area contributed by atoms with E-state index in [0.29, 0.717) is 5.69 Å². The maximum atomic E-state index is 13.9. The van der Waals surface area contributed by atoms with Gasteiger partial charge in [0.15, 0.2) is 17.9 Å². The number of hydrogen-bond acceptors (Lipinski definition) is 6. The number of rotatable bonds is 3. The number of fused-ring (bicyclic) bond motifs is 3. The van der Waals surface area contributed by atoms with Gasteiger partial charge in [0.25, 0.3) is 0 Å². The summed E-state index contributed by atoms with van der Waals surface area (Å²) in [5, 5.41) is 0. The molecule has 0 fully saturated rings. The van der Waals surface area contributed by atoms with Crippen molar-refractivity contribution in [1.29, 1.82) is 0 Å². The first-order valence-electron chi connectivity index (χ1n) is 9.04. The Bertz CT molecular complexity index is 1090. The molecule has 0 bridgehead atoms. The first-order valence-corrected chi connectivity index (χ1v) is 9.04. The van der Waals surface area contributed by atoms with Gasteiger partial charge in [-0.05, 0) is 35.4 Å². The maximum Gasteiger partial charge on any atom is 0.355 e. The highest BCUT2D eigenvalue weighted by molar-refractivity contribution is 6.05. The first-order chi connectivity index (χ1) is 14.5. The lowest BCUT2D eigenvalue weighted by molar-refractivity contribution is -0.142. The van der Waals surface area contributed by atoms with Gasteiger partial charge in [-0.1, -0.05) is 30.3 Å². The predicted molar refractivity (Wildman–Crippen MR) is 103 cm³/mol. The van der Waals surface area contributed by atoms with E-state index in [1.54, 1.807) is 18.2 Å². The van der Waals surface area contributed by atoms with Crippen LogP contribution in [0.25, 0.3) is 6.08 Å². The van der Waals surface area contributed by atoms with E-state index in [-0.39, 0.29) is 16.8 Å². The first kappa shape index (κ1) is 19.8. The highest BCUT2D eigenvalue weighted by atomic mass is 19.2. The normalized spacial score (nSPS) is 19.8. The fourth-order valence-corrected chi connectivity index (χ4v) is 3.61. The van der Waals surface area contributed by atoms with Gasteiger partial charge in [-0.2, -0.15) is 0 Å². The molecule has 0 saturated carbocycles. The van der Waals surface area contributed by atoms with Crippen LogP contribution < -0.4 is 4.90 Å². The number of esters is 2. The number of carbonyl (C=O) groups excluding carboxylic acids is 2. The van der Waals surface area contributed by atoms with Crippen LogP contribution in [0.2, 0.25) is 0 Å². The van der Waals surface area contributed by atoms with Crippen LogP contribution in [-0.4, -0.2) is 32.4 Å². The molecule has 0 aromatic heterocycles. The van der Waals surface area contributed by atoms with Gasteiger partial charge in [-0.25, -0.2) is 18.4 Å². The van der Waals surface area contributed by atoms with Crippen molar-refractivity contribution < 1.29 is 32.6 Å². The Hall–Kier alpha value is -3.52. The standard InChI is InChI=1S/C22H17F2NO5/c1-28-21(26)18-19(22(27)29-2)25-16-6-4-3-5-12(16)8-10-17(25)30-20(18)13-7-9-14(23)15(24)11-13/h3-11,17,20H,1-2H3/t17-,20+/m0/s1. The Morgan fingerprint density at radius 3 is 2.43 bits per heavy atom. The lowest BCUT2D eigenvalue weighted by Gasteiger charge is -2.42. The molecule has 6 nitrogen and oxygen atoms in total. The molecule has 0 amide bonds. The second-order valence-electron chi connectivity index (χ2n) is 6.61. The summed E-state index contributed by atoms with van der Waals surface area (Å²) in [4.78, 5) is 27.1. The largest absolute Gasteiger partial charge is 0.466 e. The van der Waals surface area contributed by atoms with E-state index in [1.807, 2.05) is 18.2 Å². The molecule has 154 valence electrons. The number of benzene rings is 2. The molecule has 0 N–H and O–H groups in total. The van der Waals surface area contributed by atoms with Gasteiger partial charge in [-0.3, -0.25) is 0 Å². The van der Waals surface area contributed by atoms with E-state index >= 15 is 0 Å². The average molecular weight is 413 g/mol. The molecule has 0 radical (unpaired) electrons. The number of hydrogen-bond donors (Lipinski definition) is 0. The summed E-state index contributed by atoms with van der Waals surface area (Å²) in [5.41, 5.74) is 1.32. The van der Waals surface area contributed by atoms with Crippen molar-refractivity contribution in [3.63, 3.8) is 0 Å². The van der Waals surface area contributed by atoms with Crippen LogP contribution in [0.1, 0.15) is 17.2 Å². The summed E-state index contributed by atoms with van der Waals surface area (Å²) in [5.74, 6) is -3.79. The van der Waals surface area contributed by atoms with Crippen molar-refractivity contribution in [2.45, 2.75) is 12.3 Å². The highest BCUT2D eigenvalue weighted by Gasteiger charge is 2.44. The van der Waals surface area contributed by atoms with E-state index < -0.39 is 35.9 Å². The van der Waals surface area contributed by atoms with Gasteiger partial charge in [0.2, 0.25) is 0 Å². The number of para-hydroxylation sites is 1. The van der Waals surface area contributed by atoms with Crippen molar-refractivity contribution in [3.05, 3.63) is 82.6 Å². The van der Waals surface area contributed by atoms with Crippen molar-refractivity contribution in [1.82, 2.24) is 0 Å². The Morgan fingerprint density at radius 2 is 1.73 bits per heavy atom. The zero-order chi connectivity index (χ0) is 21.4. The average Bonchev–Trinajstić information content (AvgIpc) is 2.78. The van der Waals surface area contributed by atoms with Crippen molar-refractivity contribution in [3.8, 4) is 0 Å². The number of carbonyl (C=O) groups is 2. The molecule has 0 spiro atoms. The molecule has 2 heterocycles. The van der Waals surface area contributed by atoms with E-state index in [4.69, 9.17) is 14.2 Å². The molecule has 4 rings (SSSR count). The van der Waals surface area contributed by atoms with Gasteiger partial charge in [0, 0.05) is 0 Å². The van der Waals surface area contributed by atoms with Crippen molar-refractivity contribution in [2.75, 3.05) is 19.1 Å². The number of nitrogens with zero attached hydrogens (tertiary/aromatic N) is 1. The number of ether oxygens (including phenoxy) is 3. The van der Waals surface area contributed by atoms with Gasteiger partial charge < -0.3 is 19.1 Å². The van der Waals surface area contributed by atoms with Crippen LogP contribution in [-0.2, 0) is 23.8 Å². The SMILES string of the molecule is COC(=O)C1=C(C(=O)OC)N2c3ccccc3C=C[C@@H]2O[C@@H]1c1ccc(F)c(F)c1. The molecule has 30 heavy (non-hydrogen) atoms. The van der Waals surface area contributed by atoms with Crippen LogP contribution in [0.4, 0.5) is 14.5 Å². The molecular weight excluding hydrogens is 396 g/mol. The molecule has 0 saturated heterocycles. The maximum absolute atomic E-state index is 13.9. The third-order valence-corrected chi connectivity index (χ3v) is 4.96. The monoisotopic (exact) mass is 413 g/mol. The van der Waals surface area contributed by atoms with Crippen LogP contribution in [0.3, 0.4) is 0 Å². The zero-order valence-electron chi connectivity index (χ0n) is 16.1. The van der Waals surface area contributed by atoms with E-state index in [9.17, 15) is 18.4 Å². The summed E-state index contributed by atoms with van der Waals surface area (Å²) in [6, 6.07) is 10.4. The highest BCUT2D eigenvalue weighted by Crippen LogP contribution is 2.43. The lowest BCUT2D eigenvalue weighted by Crippen LogP contribution is -2.47. The summed E-state index contributed by atoms with van der Waals surface area (Å²) in [7, 11) is 2.34. The van der Waals surface area contributed by atoms with E-state index in [2.05, 4.69) is 0 Å². The minimum atomic E-state index is -1.18. The summed E-state index contributed by atoms with van der Waals surface area (Å²) >= 11 is 0. The molecular formula is C22H17F2NO5. The zero-order valence-corrected chi connectivity index (χ0v) is 16.1. The quantitative estimate of drug-likeness (QED) is 0.718. The van der Waals surface area contributed by atoms with Crippen LogP contribution in [0, 0.1) is 11.6 Å². The molecule has 2 aliphatic heterocycles. The fraction of sp³-hybridized carbons (Fsp3) is 0.182. The second-order valence-corrected chi connectivity index (χ2v) is 6.61. The van der Waals surface area contributed by atoms with Gasteiger partial charge in [0.05, 0.1) is 19.9 Å². The lowest BCUT2D eigenvalue weighted by atomic mass is 9.94. The summed E-state index contributed by atoms with van der Waals surface area (Å²) in [6.07, 6.45) is 1.54. The number of methoxy groups -OCH3 is 2. The third kappa shape index (κ3) is 3.15. The summed E-state index contributed by atoms with van der Waals surface area (Å²) < 4.78 is 43.3. The van der Waals surface area contributed by atoms with E-state index in [0.717, 1.165) is 24.8 Å². The third-order valence-electron chi connectivity index (χ3n) is 4.96. The van der Waals surface area contributed by atoms with Crippen LogP contribution >= 0.6 is 0 Å². The Labute approximate surface area is 171 Å². The molecule has 0 aliphatic carbocycles. The molecule has 2 atom stereocenters. The van der Waals surface area contributed by atoms with Crippen molar-refractivity contribution in [2.24, 2.45) is 0 Å². The predicted octanol–water partition coefficient (Wildman–Crippen LogP) is 3.50. The molecule has 8 heteroatoms. The van der Waals surface area contributed by atoms with Gasteiger partial charge in [-0.15, -0.1) is 0 Å². The molecule has 0 unspecified atom stereocenters. The van der Waals surface area contributed by atoms with Crippen molar-refractivity contribution >= 4 is 23.7 Å².